The van der Waals surface area contributed by atoms with Gasteiger partial charge in [0, 0.05) is 16.8 Å². The normalized spacial score (nSPS) is 11.8. The van der Waals surface area contributed by atoms with Gasteiger partial charge in [0.1, 0.15) is 0 Å². The first-order valence-electron chi connectivity index (χ1n) is 12.9. The van der Waals surface area contributed by atoms with Crippen LogP contribution in [-0.2, 0) is 0 Å². The van der Waals surface area contributed by atoms with Gasteiger partial charge in [-0.05, 0) is 83.1 Å². The fourth-order valence-corrected chi connectivity index (χ4v) is 5.86. The van der Waals surface area contributed by atoms with Crippen LogP contribution in [0, 0.1) is 6.92 Å². The average Bonchev–Trinajstić information content (AvgIpc) is 3.29. The van der Waals surface area contributed by atoms with Crippen molar-refractivity contribution < 1.29 is 0 Å². The average molecular weight is 486 g/mol. The Morgan fingerprint density at radius 3 is 1.84 bits per heavy atom. The Morgan fingerprint density at radius 1 is 0.474 bits per heavy atom. The highest BCUT2D eigenvalue weighted by Crippen LogP contribution is 2.50. The Kier molecular flexibility index (Phi) is 4.44. The van der Waals surface area contributed by atoms with Crippen molar-refractivity contribution in [2.24, 2.45) is 0 Å². The van der Waals surface area contributed by atoms with Gasteiger partial charge in [-0.15, -0.1) is 0 Å². The second kappa shape index (κ2) is 7.99. The van der Waals surface area contributed by atoms with Crippen LogP contribution in [0.15, 0.2) is 121 Å². The van der Waals surface area contributed by atoms with E-state index in [1.807, 2.05) is 24.3 Å². The number of nitrogens with zero attached hydrogens (tertiary/aromatic N) is 3. The third kappa shape index (κ3) is 3.09. The lowest BCUT2D eigenvalue weighted by atomic mass is 10.00. The molecule has 178 valence electrons. The maximum Gasteiger partial charge on any atom is 0.0915 e. The van der Waals surface area contributed by atoms with E-state index < -0.39 is 0 Å². The number of rotatable bonds is 3. The minimum Gasteiger partial charge on any atom is -0.310 e. The molecule has 0 spiro atoms. The molecule has 0 saturated heterocycles. The van der Waals surface area contributed by atoms with Crippen molar-refractivity contribution in [3.63, 3.8) is 0 Å². The zero-order chi connectivity index (χ0) is 25.2. The van der Waals surface area contributed by atoms with Crippen molar-refractivity contribution in [1.82, 2.24) is 9.97 Å². The molecule has 1 heterocycles. The van der Waals surface area contributed by atoms with E-state index in [4.69, 9.17) is 9.97 Å². The molecule has 0 radical (unpaired) electrons. The Morgan fingerprint density at radius 2 is 1.08 bits per heavy atom. The summed E-state index contributed by atoms with van der Waals surface area (Å²) >= 11 is 0. The van der Waals surface area contributed by atoms with Crippen LogP contribution >= 0.6 is 0 Å². The summed E-state index contributed by atoms with van der Waals surface area (Å²) in [6.45, 7) is 2.13. The third-order valence-electron chi connectivity index (χ3n) is 7.64. The fraction of sp³-hybridized carbons (Fsp3) is 0.0286. The van der Waals surface area contributed by atoms with Gasteiger partial charge in [-0.3, -0.25) is 0 Å². The minimum absolute atomic E-state index is 0.886. The van der Waals surface area contributed by atoms with Crippen LogP contribution in [0.25, 0.3) is 55.1 Å². The molecule has 0 N–H and O–H groups in total. The quantitative estimate of drug-likeness (QED) is 0.233. The maximum atomic E-state index is 4.96. The van der Waals surface area contributed by atoms with Gasteiger partial charge in [0.05, 0.1) is 27.8 Å². The van der Waals surface area contributed by atoms with Gasteiger partial charge >= 0.3 is 0 Å². The van der Waals surface area contributed by atoms with E-state index in [1.165, 1.54) is 38.6 Å². The van der Waals surface area contributed by atoms with Gasteiger partial charge in [-0.1, -0.05) is 78.4 Å². The smallest absolute Gasteiger partial charge is 0.0915 e. The van der Waals surface area contributed by atoms with E-state index in [9.17, 15) is 0 Å². The molecule has 0 saturated carbocycles. The monoisotopic (exact) mass is 485 g/mol. The highest BCUT2D eigenvalue weighted by Gasteiger charge is 2.24. The molecule has 0 atom stereocenters. The number of hydrogen-bond acceptors (Lipinski definition) is 3. The summed E-state index contributed by atoms with van der Waals surface area (Å²) in [6, 6.07) is 43.1. The predicted octanol–water partition coefficient (Wildman–Crippen LogP) is 9.36. The largest absolute Gasteiger partial charge is 0.310 e. The third-order valence-corrected chi connectivity index (χ3v) is 7.64. The first-order chi connectivity index (χ1) is 18.7. The molecule has 0 bridgehead atoms. The maximum absolute atomic E-state index is 4.96. The van der Waals surface area contributed by atoms with Crippen molar-refractivity contribution in [3.8, 4) is 22.3 Å². The molecule has 0 amide bonds. The fourth-order valence-electron chi connectivity index (χ4n) is 5.86. The zero-order valence-corrected chi connectivity index (χ0v) is 20.9. The van der Waals surface area contributed by atoms with E-state index in [2.05, 4.69) is 109 Å². The summed E-state index contributed by atoms with van der Waals surface area (Å²) in [5.41, 5.74) is 13.4. The van der Waals surface area contributed by atoms with Crippen molar-refractivity contribution >= 4 is 49.9 Å². The SMILES string of the molecule is Cc1ccc(N(c2ccc3nc4ccccc4nc3c2)c2ccc3c4c(cccc24)-c2ccccc2-3)cc1. The van der Waals surface area contributed by atoms with Crippen molar-refractivity contribution in [3.05, 3.63) is 127 Å². The first-order valence-corrected chi connectivity index (χ1v) is 12.9. The highest BCUT2D eigenvalue weighted by molar-refractivity contribution is 6.19. The van der Waals surface area contributed by atoms with Crippen LogP contribution in [-0.4, -0.2) is 9.97 Å². The number of benzene rings is 6. The number of anilines is 3. The lowest BCUT2D eigenvalue weighted by molar-refractivity contribution is 1.28. The summed E-state index contributed by atoms with van der Waals surface area (Å²) < 4.78 is 0. The van der Waals surface area contributed by atoms with Gasteiger partial charge in [0.2, 0.25) is 0 Å². The van der Waals surface area contributed by atoms with E-state index in [0.29, 0.717) is 0 Å². The second-order valence-corrected chi connectivity index (χ2v) is 9.96. The van der Waals surface area contributed by atoms with Gasteiger partial charge < -0.3 is 4.90 Å². The number of aryl methyl sites for hydroxylation is 1. The molecule has 6 aromatic carbocycles. The number of para-hydroxylation sites is 2. The second-order valence-electron chi connectivity index (χ2n) is 9.96. The Hall–Kier alpha value is -5.02. The van der Waals surface area contributed by atoms with Crippen LogP contribution in [0.3, 0.4) is 0 Å². The highest BCUT2D eigenvalue weighted by atomic mass is 15.1. The molecule has 1 aromatic heterocycles. The summed E-state index contributed by atoms with van der Waals surface area (Å²) in [6.07, 6.45) is 0. The molecular formula is C35H23N3. The number of hydrogen-bond donors (Lipinski definition) is 0. The molecule has 3 nitrogen and oxygen atoms in total. The van der Waals surface area contributed by atoms with E-state index in [0.717, 1.165) is 39.1 Å². The molecule has 1 aliphatic carbocycles. The molecule has 0 aliphatic heterocycles. The summed E-state index contributed by atoms with van der Waals surface area (Å²) in [4.78, 5) is 12.2. The molecule has 1 aliphatic rings. The lowest BCUT2D eigenvalue weighted by Gasteiger charge is -2.27. The zero-order valence-electron chi connectivity index (χ0n) is 20.9. The molecule has 38 heavy (non-hydrogen) atoms. The van der Waals surface area contributed by atoms with Crippen LogP contribution in [0.2, 0.25) is 0 Å². The molecular weight excluding hydrogens is 462 g/mol. The van der Waals surface area contributed by atoms with Crippen molar-refractivity contribution in [2.75, 3.05) is 4.90 Å². The molecule has 3 heteroatoms. The van der Waals surface area contributed by atoms with Gasteiger partial charge in [0.25, 0.3) is 0 Å². The summed E-state index contributed by atoms with van der Waals surface area (Å²) in [7, 11) is 0. The molecule has 0 unspecified atom stereocenters. The standard InChI is InChI=1S/C35H23N3/c1-22-13-15-23(16-14-22)38(24-17-19-32-33(21-24)37-31-12-5-4-11-30(31)36-32)34-20-18-28-26-8-3-2-7-25(26)27-9-6-10-29(34)35(27)28/h2-21H,1H3. The molecule has 7 aromatic rings. The lowest BCUT2D eigenvalue weighted by Crippen LogP contribution is -2.10. The topological polar surface area (TPSA) is 29.0 Å². The predicted molar refractivity (Wildman–Crippen MR) is 158 cm³/mol. The number of fused-ring (bicyclic) bond motifs is 5. The van der Waals surface area contributed by atoms with Crippen LogP contribution in [0.1, 0.15) is 5.56 Å². The van der Waals surface area contributed by atoms with Crippen molar-refractivity contribution in [1.29, 1.82) is 0 Å². The van der Waals surface area contributed by atoms with E-state index >= 15 is 0 Å². The number of aromatic nitrogens is 2. The summed E-state index contributed by atoms with van der Waals surface area (Å²) in [5.74, 6) is 0. The van der Waals surface area contributed by atoms with Crippen molar-refractivity contribution in [2.45, 2.75) is 6.92 Å². The Bertz CT molecular complexity index is 2010. The molecule has 0 fully saturated rings. The van der Waals surface area contributed by atoms with Gasteiger partial charge in [-0.2, -0.15) is 0 Å². The Labute approximate surface area is 220 Å². The van der Waals surface area contributed by atoms with Gasteiger partial charge in [-0.25, -0.2) is 9.97 Å². The minimum atomic E-state index is 0.886. The van der Waals surface area contributed by atoms with E-state index in [1.54, 1.807) is 0 Å². The Balaban J connectivity index is 1.39. The van der Waals surface area contributed by atoms with E-state index in [-0.39, 0.29) is 0 Å². The molecule has 8 rings (SSSR count). The van der Waals surface area contributed by atoms with Gasteiger partial charge in [0.15, 0.2) is 0 Å². The van der Waals surface area contributed by atoms with Crippen LogP contribution in [0.5, 0.6) is 0 Å². The van der Waals surface area contributed by atoms with Crippen LogP contribution < -0.4 is 4.90 Å². The first kappa shape index (κ1) is 21.1. The van der Waals surface area contributed by atoms with Crippen LogP contribution in [0.4, 0.5) is 17.1 Å². The summed E-state index contributed by atoms with van der Waals surface area (Å²) in [5, 5.41) is 2.55.